The molecule has 0 spiro atoms. The summed E-state index contributed by atoms with van der Waals surface area (Å²) in [5.74, 6) is 1.16. The van der Waals surface area contributed by atoms with Crippen LogP contribution < -0.4 is 5.32 Å². The van der Waals surface area contributed by atoms with E-state index >= 15 is 0 Å². The number of rotatable bonds is 12. The summed E-state index contributed by atoms with van der Waals surface area (Å²) >= 11 is 0. The van der Waals surface area contributed by atoms with Crippen molar-refractivity contribution in [3.05, 3.63) is 65.2 Å². The molecule has 5 nitrogen and oxygen atoms in total. The standard InChI is InChI=1S/C31H44N4O/c1-33-18-7-12-28(33)16-21-35(19-6-10-25-8-3-2-4-9-25)31(36)22-32-30-13-5-11-27-24-34(20-17-29(27)30)23-26-14-15-26/h2-5,8-9,11,13,26,28,32H,6-7,10,12,14-24H2,1H3. The molecular weight excluding hydrogens is 444 g/mol. The predicted octanol–water partition coefficient (Wildman–Crippen LogP) is 4.81. The molecule has 1 N–H and O–H groups in total. The summed E-state index contributed by atoms with van der Waals surface area (Å²) < 4.78 is 0. The summed E-state index contributed by atoms with van der Waals surface area (Å²) in [6.45, 7) is 6.69. The third-order valence-corrected chi connectivity index (χ3v) is 8.48. The fraction of sp³-hybridized carbons (Fsp3) is 0.581. The van der Waals surface area contributed by atoms with Gasteiger partial charge in [0.1, 0.15) is 0 Å². The molecule has 2 aromatic rings. The van der Waals surface area contributed by atoms with Gasteiger partial charge in [-0.1, -0.05) is 42.5 Å². The van der Waals surface area contributed by atoms with Crippen molar-refractivity contribution in [2.24, 2.45) is 5.92 Å². The van der Waals surface area contributed by atoms with Crippen LogP contribution in [0.2, 0.25) is 0 Å². The highest BCUT2D eigenvalue weighted by Crippen LogP contribution is 2.33. The fourth-order valence-electron chi connectivity index (χ4n) is 6.07. The first-order valence-electron chi connectivity index (χ1n) is 14.2. The van der Waals surface area contributed by atoms with E-state index in [1.807, 2.05) is 0 Å². The van der Waals surface area contributed by atoms with E-state index in [4.69, 9.17) is 0 Å². The second-order valence-corrected chi connectivity index (χ2v) is 11.3. The highest BCUT2D eigenvalue weighted by Gasteiger charge is 2.27. The van der Waals surface area contributed by atoms with Gasteiger partial charge in [0, 0.05) is 44.5 Å². The number of nitrogens with one attached hydrogen (secondary N) is 1. The minimum Gasteiger partial charge on any atom is -0.376 e. The molecule has 3 aliphatic rings. The van der Waals surface area contributed by atoms with E-state index in [-0.39, 0.29) is 5.91 Å². The molecule has 1 saturated heterocycles. The quantitative estimate of drug-likeness (QED) is 0.465. The molecule has 1 saturated carbocycles. The molecule has 2 aliphatic heterocycles. The lowest BCUT2D eigenvalue weighted by Gasteiger charge is -2.30. The molecule has 1 atom stereocenters. The van der Waals surface area contributed by atoms with Gasteiger partial charge < -0.3 is 15.1 Å². The molecule has 0 bridgehead atoms. The van der Waals surface area contributed by atoms with Crippen molar-refractivity contribution >= 4 is 11.6 Å². The molecule has 0 aromatic heterocycles. The summed E-state index contributed by atoms with van der Waals surface area (Å²) in [5, 5.41) is 3.55. The van der Waals surface area contributed by atoms with Gasteiger partial charge in [0.05, 0.1) is 6.54 Å². The van der Waals surface area contributed by atoms with Gasteiger partial charge in [0.15, 0.2) is 0 Å². The average Bonchev–Trinajstić information content (AvgIpc) is 3.62. The molecule has 36 heavy (non-hydrogen) atoms. The number of aryl methyl sites for hydroxylation is 1. The van der Waals surface area contributed by atoms with Gasteiger partial charge in [0.25, 0.3) is 0 Å². The zero-order valence-corrected chi connectivity index (χ0v) is 22.1. The Bertz CT molecular complexity index is 989. The van der Waals surface area contributed by atoms with Crippen molar-refractivity contribution in [1.29, 1.82) is 0 Å². The molecule has 2 aromatic carbocycles. The van der Waals surface area contributed by atoms with E-state index in [9.17, 15) is 4.79 Å². The van der Waals surface area contributed by atoms with Gasteiger partial charge in [-0.3, -0.25) is 9.69 Å². The van der Waals surface area contributed by atoms with Crippen molar-refractivity contribution in [1.82, 2.24) is 14.7 Å². The Kier molecular flexibility index (Phi) is 8.60. The molecule has 1 amide bonds. The largest absolute Gasteiger partial charge is 0.376 e. The summed E-state index contributed by atoms with van der Waals surface area (Å²) in [6.07, 6.45) is 9.53. The van der Waals surface area contributed by atoms with Crippen LogP contribution in [0.5, 0.6) is 0 Å². The Labute approximate surface area is 217 Å². The van der Waals surface area contributed by atoms with Gasteiger partial charge in [-0.15, -0.1) is 0 Å². The summed E-state index contributed by atoms with van der Waals surface area (Å²) in [6, 6.07) is 17.8. The minimum absolute atomic E-state index is 0.229. The van der Waals surface area contributed by atoms with E-state index in [0.29, 0.717) is 12.6 Å². The normalized spacial score (nSPS) is 20.3. The van der Waals surface area contributed by atoms with Crippen molar-refractivity contribution in [2.45, 2.75) is 64.0 Å². The maximum Gasteiger partial charge on any atom is 0.241 e. The maximum atomic E-state index is 13.4. The molecule has 2 fully saturated rings. The summed E-state index contributed by atoms with van der Waals surface area (Å²) in [7, 11) is 2.23. The zero-order chi connectivity index (χ0) is 24.7. The Morgan fingerprint density at radius 3 is 2.67 bits per heavy atom. The first-order chi connectivity index (χ1) is 17.7. The first-order valence-corrected chi connectivity index (χ1v) is 14.2. The van der Waals surface area contributed by atoms with Crippen LogP contribution in [0.25, 0.3) is 0 Å². The highest BCUT2D eigenvalue weighted by atomic mass is 16.2. The Hall–Kier alpha value is -2.37. The molecule has 5 rings (SSSR count). The van der Waals surface area contributed by atoms with Crippen molar-refractivity contribution < 1.29 is 4.79 Å². The number of carbonyl (C=O) groups is 1. The maximum absolute atomic E-state index is 13.4. The topological polar surface area (TPSA) is 38.8 Å². The number of benzene rings is 2. The first kappa shape index (κ1) is 25.3. The number of hydrogen-bond donors (Lipinski definition) is 1. The van der Waals surface area contributed by atoms with Gasteiger partial charge in [-0.25, -0.2) is 0 Å². The van der Waals surface area contributed by atoms with Crippen molar-refractivity contribution in [2.75, 3.05) is 51.6 Å². The van der Waals surface area contributed by atoms with E-state index in [2.05, 4.69) is 75.6 Å². The van der Waals surface area contributed by atoms with Gasteiger partial charge in [-0.2, -0.15) is 0 Å². The van der Waals surface area contributed by atoms with Crippen LogP contribution >= 0.6 is 0 Å². The molecule has 0 radical (unpaired) electrons. The SMILES string of the molecule is CN1CCCC1CCN(CCCc1ccccc1)C(=O)CNc1cccc2c1CCN(CC1CC1)C2. The number of hydrogen-bond acceptors (Lipinski definition) is 4. The van der Waals surface area contributed by atoms with E-state index in [0.717, 1.165) is 63.5 Å². The van der Waals surface area contributed by atoms with Gasteiger partial charge in [-0.05, 0) is 93.6 Å². The lowest BCUT2D eigenvalue weighted by molar-refractivity contribution is -0.129. The number of anilines is 1. The minimum atomic E-state index is 0.229. The smallest absolute Gasteiger partial charge is 0.241 e. The lowest BCUT2D eigenvalue weighted by atomic mass is 9.97. The number of likely N-dealkylation sites (tertiary alicyclic amines) is 1. The van der Waals surface area contributed by atoms with Crippen LogP contribution in [0, 0.1) is 5.92 Å². The number of amides is 1. The van der Waals surface area contributed by atoms with Crippen LogP contribution in [-0.4, -0.2) is 73.0 Å². The Balaban J connectivity index is 1.17. The summed E-state index contributed by atoms with van der Waals surface area (Å²) in [4.78, 5) is 20.6. The second-order valence-electron chi connectivity index (χ2n) is 11.3. The Morgan fingerprint density at radius 1 is 1.03 bits per heavy atom. The van der Waals surface area contributed by atoms with Gasteiger partial charge in [0.2, 0.25) is 5.91 Å². The predicted molar refractivity (Wildman–Crippen MR) is 148 cm³/mol. The van der Waals surface area contributed by atoms with Crippen LogP contribution in [0.1, 0.15) is 55.2 Å². The summed E-state index contributed by atoms with van der Waals surface area (Å²) in [5.41, 5.74) is 5.36. The number of carbonyl (C=O) groups excluding carboxylic acids is 1. The van der Waals surface area contributed by atoms with Crippen molar-refractivity contribution in [3.63, 3.8) is 0 Å². The molecule has 1 unspecified atom stereocenters. The lowest BCUT2D eigenvalue weighted by Crippen LogP contribution is -2.40. The van der Waals surface area contributed by atoms with Crippen LogP contribution in [-0.2, 0) is 24.2 Å². The molecular formula is C31H44N4O. The Morgan fingerprint density at radius 2 is 1.89 bits per heavy atom. The van der Waals surface area contributed by atoms with Crippen LogP contribution in [0.15, 0.2) is 48.5 Å². The van der Waals surface area contributed by atoms with Crippen molar-refractivity contribution in [3.8, 4) is 0 Å². The average molecular weight is 489 g/mol. The third-order valence-electron chi connectivity index (χ3n) is 8.48. The molecule has 194 valence electrons. The van der Waals surface area contributed by atoms with Gasteiger partial charge >= 0.3 is 0 Å². The fourth-order valence-corrected chi connectivity index (χ4v) is 6.07. The van der Waals surface area contributed by atoms with E-state index in [1.165, 1.54) is 55.5 Å². The van der Waals surface area contributed by atoms with Crippen LogP contribution in [0.4, 0.5) is 5.69 Å². The third kappa shape index (κ3) is 6.89. The van der Waals surface area contributed by atoms with E-state index < -0.39 is 0 Å². The molecule has 5 heteroatoms. The molecule has 1 aliphatic carbocycles. The number of fused-ring (bicyclic) bond motifs is 1. The monoisotopic (exact) mass is 488 g/mol. The number of nitrogens with zero attached hydrogens (tertiary/aromatic N) is 3. The molecule has 2 heterocycles. The second kappa shape index (κ2) is 12.2. The zero-order valence-electron chi connectivity index (χ0n) is 22.1. The highest BCUT2D eigenvalue weighted by molar-refractivity contribution is 5.81. The van der Waals surface area contributed by atoms with Crippen LogP contribution in [0.3, 0.4) is 0 Å². The van der Waals surface area contributed by atoms with E-state index in [1.54, 1.807) is 0 Å².